The molecule has 1 aliphatic heterocycles. The van der Waals surface area contributed by atoms with Crippen molar-refractivity contribution in [2.75, 3.05) is 5.75 Å². The van der Waals surface area contributed by atoms with Crippen molar-refractivity contribution in [2.45, 2.75) is 31.8 Å². The standard InChI is InChI=1S/C18H21N3OS/c22-18(6-8-23-13-17-3-1-2-7-20-17)21-10-14-4-5-15-11-19-12-16(15)9-14/h1-5,7,9,19H,6,8,10-13H2,(H,21,22). The molecule has 23 heavy (non-hydrogen) atoms. The summed E-state index contributed by atoms with van der Waals surface area (Å²) in [6, 6.07) is 12.3. The van der Waals surface area contributed by atoms with Crippen LogP contribution in [0.1, 0.15) is 28.8 Å². The molecule has 0 saturated heterocycles. The highest BCUT2D eigenvalue weighted by Crippen LogP contribution is 2.17. The zero-order valence-electron chi connectivity index (χ0n) is 13.0. The number of carbonyl (C=O) groups is 1. The second-order valence-corrected chi connectivity index (χ2v) is 6.71. The molecule has 2 N–H and O–H groups in total. The van der Waals surface area contributed by atoms with E-state index >= 15 is 0 Å². The van der Waals surface area contributed by atoms with Gasteiger partial charge in [-0.2, -0.15) is 11.8 Å². The van der Waals surface area contributed by atoms with Gasteiger partial charge in [-0.3, -0.25) is 9.78 Å². The molecule has 0 atom stereocenters. The monoisotopic (exact) mass is 327 g/mol. The molecule has 3 rings (SSSR count). The molecule has 0 fully saturated rings. The number of pyridine rings is 1. The predicted molar refractivity (Wildman–Crippen MR) is 93.8 cm³/mol. The van der Waals surface area contributed by atoms with Crippen molar-refractivity contribution >= 4 is 17.7 Å². The van der Waals surface area contributed by atoms with Crippen molar-refractivity contribution in [1.82, 2.24) is 15.6 Å². The lowest BCUT2D eigenvalue weighted by Gasteiger charge is -2.07. The molecule has 0 unspecified atom stereocenters. The second-order valence-electron chi connectivity index (χ2n) is 5.61. The molecule has 5 heteroatoms. The van der Waals surface area contributed by atoms with Crippen molar-refractivity contribution in [3.63, 3.8) is 0 Å². The van der Waals surface area contributed by atoms with Gasteiger partial charge in [0.1, 0.15) is 0 Å². The minimum absolute atomic E-state index is 0.108. The molecule has 120 valence electrons. The first-order valence-electron chi connectivity index (χ1n) is 7.87. The van der Waals surface area contributed by atoms with Crippen LogP contribution in [0.15, 0.2) is 42.6 Å². The van der Waals surface area contributed by atoms with Gasteiger partial charge in [0, 0.05) is 43.8 Å². The zero-order chi connectivity index (χ0) is 15.9. The van der Waals surface area contributed by atoms with Crippen LogP contribution in [-0.2, 0) is 30.2 Å². The molecule has 0 spiro atoms. The molecule has 1 aromatic heterocycles. The lowest BCUT2D eigenvalue weighted by molar-refractivity contribution is -0.120. The Hall–Kier alpha value is -1.85. The number of nitrogens with zero attached hydrogens (tertiary/aromatic N) is 1. The summed E-state index contributed by atoms with van der Waals surface area (Å²) in [5.74, 6) is 1.78. The molecule has 0 bridgehead atoms. The SMILES string of the molecule is O=C(CCSCc1ccccn1)NCc1ccc2c(c1)CNC2. The number of carbonyl (C=O) groups excluding carboxylic acids is 1. The van der Waals surface area contributed by atoms with Gasteiger partial charge in [0.25, 0.3) is 0 Å². The van der Waals surface area contributed by atoms with Crippen LogP contribution < -0.4 is 10.6 Å². The molecule has 1 amide bonds. The number of aromatic nitrogens is 1. The van der Waals surface area contributed by atoms with E-state index in [-0.39, 0.29) is 5.91 Å². The van der Waals surface area contributed by atoms with E-state index < -0.39 is 0 Å². The van der Waals surface area contributed by atoms with Gasteiger partial charge in [-0.1, -0.05) is 24.3 Å². The summed E-state index contributed by atoms with van der Waals surface area (Å²) in [4.78, 5) is 16.2. The number of thioether (sulfide) groups is 1. The Morgan fingerprint density at radius 1 is 1.22 bits per heavy atom. The largest absolute Gasteiger partial charge is 0.352 e. The molecule has 2 heterocycles. The lowest BCUT2D eigenvalue weighted by Crippen LogP contribution is -2.23. The van der Waals surface area contributed by atoms with E-state index in [1.54, 1.807) is 18.0 Å². The summed E-state index contributed by atoms with van der Waals surface area (Å²) in [5, 5.41) is 6.33. The first kappa shape index (κ1) is 16.0. The fraction of sp³-hybridized carbons (Fsp3) is 0.333. The normalized spacial score (nSPS) is 12.9. The minimum Gasteiger partial charge on any atom is -0.352 e. The fourth-order valence-electron chi connectivity index (χ4n) is 2.57. The van der Waals surface area contributed by atoms with Crippen molar-refractivity contribution in [3.05, 3.63) is 65.0 Å². The second kappa shape index (κ2) is 8.13. The minimum atomic E-state index is 0.108. The van der Waals surface area contributed by atoms with Gasteiger partial charge in [0.05, 0.1) is 5.69 Å². The van der Waals surface area contributed by atoms with E-state index in [1.807, 2.05) is 18.2 Å². The maximum Gasteiger partial charge on any atom is 0.221 e. The Kier molecular flexibility index (Phi) is 5.66. The topological polar surface area (TPSA) is 54.0 Å². The van der Waals surface area contributed by atoms with Crippen LogP contribution in [0.25, 0.3) is 0 Å². The van der Waals surface area contributed by atoms with Crippen molar-refractivity contribution in [1.29, 1.82) is 0 Å². The van der Waals surface area contributed by atoms with E-state index in [0.717, 1.165) is 30.3 Å². The van der Waals surface area contributed by atoms with Gasteiger partial charge in [0.15, 0.2) is 0 Å². The van der Waals surface area contributed by atoms with Gasteiger partial charge in [0.2, 0.25) is 5.91 Å². The number of nitrogens with one attached hydrogen (secondary N) is 2. The van der Waals surface area contributed by atoms with E-state index in [0.29, 0.717) is 13.0 Å². The van der Waals surface area contributed by atoms with Crippen molar-refractivity contribution in [3.8, 4) is 0 Å². The Morgan fingerprint density at radius 2 is 2.13 bits per heavy atom. The van der Waals surface area contributed by atoms with Crippen LogP contribution >= 0.6 is 11.8 Å². The maximum atomic E-state index is 11.9. The van der Waals surface area contributed by atoms with Crippen molar-refractivity contribution in [2.24, 2.45) is 0 Å². The number of rotatable bonds is 7. The third-order valence-electron chi connectivity index (χ3n) is 3.84. The van der Waals surface area contributed by atoms with E-state index in [2.05, 4.69) is 33.8 Å². The van der Waals surface area contributed by atoms with Gasteiger partial charge in [-0.25, -0.2) is 0 Å². The number of fused-ring (bicyclic) bond motifs is 1. The summed E-state index contributed by atoms with van der Waals surface area (Å²) in [6.07, 6.45) is 2.35. The third kappa shape index (κ3) is 4.81. The fourth-order valence-corrected chi connectivity index (χ4v) is 3.43. The van der Waals surface area contributed by atoms with E-state index in [1.165, 1.54) is 16.7 Å². The number of hydrogen-bond acceptors (Lipinski definition) is 4. The van der Waals surface area contributed by atoms with Gasteiger partial charge < -0.3 is 10.6 Å². The maximum absolute atomic E-state index is 11.9. The van der Waals surface area contributed by atoms with Crippen LogP contribution in [0.5, 0.6) is 0 Å². The van der Waals surface area contributed by atoms with Crippen LogP contribution in [-0.4, -0.2) is 16.6 Å². The molecule has 4 nitrogen and oxygen atoms in total. The van der Waals surface area contributed by atoms with Gasteiger partial charge in [-0.15, -0.1) is 0 Å². The molecular formula is C18H21N3OS. The molecule has 0 saturated carbocycles. The summed E-state index contributed by atoms with van der Waals surface area (Å²) in [5.41, 5.74) is 4.94. The molecule has 0 aliphatic carbocycles. The van der Waals surface area contributed by atoms with Crippen molar-refractivity contribution < 1.29 is 4.79 Å². The molecule has 0 radical (unpaired) electrons. The highest BCUT2D eigenvalue weighted by Gasteiger charge is 2.10. The zero-order valence-corrected chi connectivity index (χ0v) is 13.9. The summed E-state index contributed by atoms with van der Waals surface area (Å²) < 4.78 is 0. The molecular weight excluding hydrogens is 306 g/mol. The Labute approximate surface area is 141 Å². The van der Waals surface area contributed by atoms with Crippen LogP contribution in [0.3, 0.4) is 0 Å². The lowest BCUT2D eigenvalue weighted by atomic mass is 10.1. The Morgan fingerprint density at radius 3 is 3.00 bits per heavy atom. The first-order chi connectivity index (χ1) is 11.3. The summed E-state index contributed by atoms with van der Waals surface area (Å²) in [6.45, 7) is 2.49. The summed E-state index contributed by atoms with van der Waals surface area (Å²) in [7, 11) is 0. The molecule has 1 aromatic carbocycles. The summed E-state index contributed by atoms with van der Waals surface area (Å²) >= 11 is 1.74. The van der Waals surface area contributed by atoms with Gasteiger partial charge >= 0.3 is 0 Å². The van der Waals surface area contributed by atoms with Crippen LogP contribution in [0.4, 0.5) is 0 Å². The Bertz CT molecular complexity index is 661. The molecule has 1 aliphatic rings. The predicted octanol–water partition coefficient (Wildman–Crippen LogP) is 2.62. The first-order valence-corrected chi connectivity index (χ1v) is 9.02. The highest BCUT2D eigenvalue weighted by molar-refractivity contribution is 7.98. The quantitative estimate of drug-likeness (QED) is 0.768. The number of hydrogen-bond donors (Lipinski definition) is 2. The Balaban J connectivity index is 1.35. The van der Waals surface area contributed by atoms with E-state index in [4.69, 9.17) is 0 Å². The average molecular weight is 327 g/mol. The molecule has 2 aromatic rings. The van der Waals surface area contributed by atoms with E-state index in [9.17, 15) is 4.79 Å². The van der Waals surface area contributed by atoms with Crippen LogP contribution in [0.2, 0.25) is 0 Å². The highest BCUT2D eigenvalue weighted by atomic mass is 32.2. The smallest absolute Gasteiger partial charge is 0.221 e. The number of amides is 1. The number of benzene rings is 1. The third-order valence-corrected chi connectivity index (χ3v) is 4.83. The van der Waals surface area contributed by atoms with Crippen LogP contribution in [0, 0.1) is 0 Å². The van der Waals surface area contributed by atoms with Gasteiger partial charge in [-0.05, 0) is 28.8 Å². The average Bonchev–Trinajstić information content (AvgIpc) is 3.05.